The lowest BCUT2D eigenvalue weighted by Crippen LogP contribution is -2.51. The minimum atomic E-state index is -1.24. The highest BCUT2D eigenvalue weighted by Gasteiger charge is 2.62. The SMILES string of the molecule is CC(C)[C@@H]1CC1(N[C@@H](Cc1ccc(NC(=O)c2cc(F)cc(F)c2)cc1)C(=O)O)C(=O)O. The summed E-state index contributed by atoms with van der Waals surface area (Å²) in [5, 5.41) is 24.6. The molecule has 3 rings (SSSR count). The summed E-state index contributed by atoms with van der Waals surface area (Å²) in [6.45, 7) is 3.80. The molecule has 0 spiro atoms. The molecule has 1 amide bonds. The number of aliphatic carboxylic acids is 2. The predicted molar refractivity (Wildman–Crippen MR) is 112 cm³/mol. The number of carboxylic acid groups (broad SMARTS) is 2. The monoisotopic (exact) mass is 446 g/mol. The predicted octanol–water partition coefficient (Wildman–Crippen LogP) is 3.30. The van der Waals surface area contributed by atoms with E-state index >= 15 is 0 Å². The summed E-state index contributed by atoms with van der Waals surface area (Å²) in [7, 11) is 0. The summed E-state index contributed by atoms with van der Waals surface area (Å²) in [4.78, 5) is 35.7. The summed E-state index contributed by atoms with van der Waals surface area (Å²) in [6.07, 6.45) is 0.411. The number of carbonyl (C=O) groups excluding carboxylic acids is 1. The van der Waals surface area contributed by atoms with Crippen molar-refractivity contribution in [3.05, 3.63) is 65.2 Å². The van der Waals surface area contributed by atoms with E-state index in [1.165, 1.54) is 12.1 Å². The minimum absolute atomic E-state index is 0.0402. The number of benzene rings is 2. The van der Waals surface area contributed by atoms with Crippen molar-refractivity contribution < 1.29 is 33.4 Å². The molecule has 32 heavy (non-hydrogen) atoms. The van der Waals surface area contributed by atoms with E-state index in [0.717, 1.165) is 12.1 Å². The number of nitrogens with one attached hydrogen (secondary N) is 2. The van der Waals surface area contributed by atoms with Gasteiger partial charge >= 0.3 is 11.9 Å². The van der Waals surface area contributed by atoms with Crippen LogP contribution >= 0.6 is 0 Å². The zero-order valence-corrected chi connectivity index (χ0v) is 17.6. The highest BCUT2D eigenvalue weighted by Crippen LogP contribution is 2.49. The van der Waals surface area contributed by atoms with Gasteiger partial charge < -0.3 is 15.5 Å². The van der Waals surface area contributed by atoms with Gasteiger partial charge in [-0.3, -0.25) is 19.7 Å². The molecule has 2 aromatic carbocycles. The van der Waals surface area contributed by atoms with E-state index in [-0.39, 0.29) is 23.8 Å². The standard InChI is InChI=1S/C23H24F2N2O5/c1-12(2)18-11-23(18,22(31)32)27-19(21(29)30)7-13-3-5-17(6-4-13)26-20(28)14-8-15(24)10-16(25)9-14/h3-6,8-10,12,18-19,27H,7,11H2,1-2H3,(H,26,28)(H,29,30)(H,31,32)/t18-,19-,23?/m0/s1. The Morgan fingerprint density at radius 3 is 2.12 bits per heavy atom. The molecular weight excluding hydrogens is 422 g/mol. The van der Waals surface area contributed by atoms with Crippen molar-refractivity contribution in [2.75, 3.05) is 5.32 Å². The number of anilines is 1. The molecule has 0 heterocycles. The van der Waals surface area contributed by atoms with E-state index in [1.807, 2.05) is 13.8 Å². The number of halogens is 2. The second-order valence-corrected chi connectivity index (χ2v) is 8.38. The van der Waals surface area contributed by atoms with Crippen LogP contribution in [0.1, 0.15) is 36.2 Å². The van der Waals surface area contributed by atoms with Crippen LogP contribution in [-0.2, 0) is 16.0 Å². The van der Waals surface area contributed by atoms with Gasteiger partial charge in [0.15, 0.2) is 0 Å². The first-order valence-corrected chi connectivity index (χ1v) is 10.1. The van der Waals surface area contributed by atoms with Crippen LogP contribution in [0.25, 0.3) is 0 Å². The van der Waals surface area contributed by atoms with Crippen molar-refractivity contribution in [3.8, 4) is 0 Å². The van der Waals surface area contributed by atoms with E-state index in [9.17, 15) is 33.4 Å². The van der Waals surface area contributed by atoms with Crippen LogP contribution in [0.4, 0.5) is 14.5 Å². The van der Waals surface area contributed by atoms with Crippen LogP contribution in [0.5, 0.6) is 0 Å². The first-order valence-electron chi connectivity index (χ1n) is 10.1. The zero-order chi connectivity index (χ0) is 23.6. The fraction of sp³-hybridized carbons (Fsp3) is 0.348. The second-order valence-electron chi connectivity index (χ2n) is 8.38. The molecule has 2 aromatic rings. The Hall–Kier alpha value is -3.33. The van der Waals surface area contributed by atoms with Crippen molar-refractivity contribution in [2.45, 2.75) is 38.3 Å². The molecule has 4 N–H and O–H groups in total. The third-order valence-corrected chi connectivity index (χ3v) is 5.71. The maximum absolute atomic E-state index is 13.3. The Bertz CT molecular complexity index is 1020. The van der Waals surface area contributed by atoms with Gasteiger partial charge in [-0.15, -0.1) is 0 Å². The van der Waals surface area contributed by atoms with E-state index in [1.54, 1.807) is 12.1 Å². The largest absolute Gasteiger partial charge is 0.480 e. The molecule has 0 bridgehead atoms. The number of amides is 1. The number of hydrogen-bond donors (Lipinski definition) is 4. The molecule has 0 aromatic heterocycles. The van der Waals surface area contributed by atoms with Crippen LogP contribution < -0.4 is 10.6 Å². The van der Waals surface area contributed by atoms with Crippen LogP contribution in [0, 0.1) is 23.5 Å². The van der Waals surface area contributed by atoms with Gasteiger partial charge in [-0.05, 0) is 54.5 Å². The van der Waals surface area contributed by atoms with Crippen molar-refractivity contribution in [1.29, 1.82) is 0 Å². The van der Waals surface area contributed by atoms with Crippen LogP contribution in [0.3, 0.4) is 0 Å². The molecule has 7 nitrogen and oxygen atoms in total. The Morgan fingerprint density at radius 1 is 1.06 bits per heavy atom. The molecule has 0 aliphatic heterocycles. The van der Waals surface area contributed by atoms with Crippen molar-refractivity contribution in [1.82, 2.24) is 5.32 Å². The third-order valence-electron chi connectivity index (χ3n) is 5.71. The zero-order valence-electron chi connectivity index (χ0n) is 17.6. The Balaban J connectivity index is 1.67. The molecule has 1 aliphatic carbocycles. The fourth-order valence-corrected chi connectivity index (χ4v) is 3.93. The van der Waals surface area contributed by atoms with Gasteiger partial charge in [0, 0.05) is 17.3 Å². The highest BCUT2D eigenvalue weighted by atomic mass is 19.1. The topological polar surface area (TPSA) is 116 Å². The van der Waals surface area contributed by atoms with Crippen LogP contribution in [-0.4, -0.2) is 39.6 Å². The smallest absolute Gasteiger partial charge is 0.324 e. The lowest BCUT2D eigenvalue weighted by molar-refractivity contribution is -0.144. The van der Waals surface area contributed by atoms with Crippen LogP contribution in [0.2, 0.25) is 0 Å². The van der Waals surface area contributed by atoms with Gasteiger partial charge in [0.2, 0.25) is 0 Å². The number of hydrogen-bond acceptors (Lipinski definition) is 4. The second kappa shape index (κ2) is 9.04. The lowest BCUT2D eigenvalue weighted by Gasteiger charge is -2.22. The minimum Gasteiger partial charge on any atom is -0.480 e. The summed E-state index contributed by atoms with van der Waals surface area (Å²) in [6, 6.07) is 7.64. The molecule has 170 valence electrons. The van der Waals surface area contributed by atoms with E-state index < -0.39 is 41.1 Å². The molecule has 1 unspecified atom stereocenters. The number of rotatable bonds is 9. The fourth-order valence-electron chi connectivity index (χ4n) is 3.93. The van der Waals surface area contributed by atoms with Gasteiger partial charge in [-0.25, -0.2) is 8.78 Å². The highest BCUT2D eigenvalue weighted by molar-refractivity contribution is 6.04. The molecule has 1 aliphatic rings. The maximum atomic E-state index is 13.3. The number of carboxylic acids is 2. The van der Waals surface area contributed by atoms with Crippen LogP contribution in [0.15, 0.2) is 42.5 Å². The first kappa shape index (κ1) is 23.3. The Labute approximate surface area is 183 Å². The molecule has 1 saturated carbocycles. The van der Waals surface area contributed by atoms with Gasteiger partial charge in [0.25, 0.3) is 5.91 Å². The summed E-state index contributed by atoms with van der Waals surface area (Å²) in [5.74, 6) is -4.70. The third kappa shape index (κ3) is 5.11. The van der Waals surface area contributed by atoms with Crippen molar-refractivity contribution in [3.63, 3.8) is 0 Å². The quantitative estimate of drug-likeness (QED) is 0.470. The molecule has 9 heteroatoms. The summed E-state index contributed by atoms with van der Waals surface area (Å²) >= 11 is 0. The van der Waals surface area contributed by atoms with Gasteiger partial charge in [-0.2, -0.15) is 0 Å². The van der Waals surface area contributed by atoms with Crippen molar-refractivity contribution in [2.24, 2.45) is 11.8 Å². The maximum Gasteiger partial charge on any atom is 0.324 e. The summed E-state index contributed by atoms with van der Waals surface area (Å²) < 4.78 is 26.6. The van der Waals surface area contributed by atoms with Gasteiger partial charge in [0.05, 0.1) is 0 Å². The first-order chi connectivity index (χ1) is 15.0. The molecule has 3 atom stereocenters. The summed E-state index contributed by atoms with van der Waals surface area (Å²) in [5.41, 5.74) is -0.454. The van der Waals surface area contributed by atoms with E-state index in [4.69, 9.17) is 0 Å². The normalized spacial score (nSPS) is 20.6. The van der Waals surface area contributed by atoms with Crippen molar-refractivity contribution >= 4 is 23.5 Å². The average molecular weight is 446 g/mol. The Kier molecular flexibility index (Phi) is 6.59. The van der Waals surface area contributed by atoms with E-state index in [2.05, 4.69) is 10.6 Å². The molecule has 0 radical (unpaired) electrons. The van der Waals surface area contributed by atoms with E-state index in [0.29, 0.717) is 23.7 Å². The van der Waals surface area contributed by atoms with Gasteiger partial charge in [0.1, 0.15) is 23.2 Å². The van der Waals surface area contributed by atoms with Gasteiger partial charge in [-0.1, -0.05) is 26.0 Å². The average Bonchev–Trinajstić information content (AvgIpc) is 3.44. The molecule has 0 saturated heterocycles. The lowest BCUT2D eigenvalue weighted by atomic mass is 10.0. The molecular formula is C23H24F2N2O5. The Morgan fingerprint density at radius 2 is 1.66 bits per heavy atom. The number of carbonyl (C=O) groups is 3. The molecule has 1 fully saturated rings.